The summed E-state index contributed by atoms with van der Waals surface area (Å²) in [6.07, 6.45) is 0. The molecule has 24 heavy (non-hydrogen) atoms. The molecule has 128 valence electrons. The van der Waals surface area contributed by atoms with Gasteiger partial charge in [0, 0.05) is 9.92 Å². The predicted octanol–water partition coefficient (Wildman–Crippen LogP) is 3.58. The third-order valence-electron chi connectivity index (χ3n) is 2.46. The number of thioether (sulfide) groups is 2. The monoisotopic (exact) mass is 403 g/mol. The molecule has 0 saturated heterocycles. The smallest absolute Gasteiger partial charge is 0.316 e. The van der Waals surface area contributed by atoms with Crippen LogP contribution in [-0.2, 0) is 14.3 Å². The molecule has 0 aliphatic carbocycles. The van der Waals surface area contributed by atoms with Crippen LogP contribution in [0.3, 0.4) is 0 Å². The number of amides is 1. The molecule has 0 bridgehead atoms. The van der Waals surface area contributed by atoms with E-state index >= 15 is 0 Å². The molecular weight excluding hydrogens is 390 g/mol. The van der Waals surface area contributed by atoms with E-state index in [9.17, 15) is 9.59 Å². The number of aromatic nitrogens is 2. The van der Waals surface area contributed by atoms with Gasteiger partial charge in [-0.2, -0.15) is 0 Å². The normalized spacial score (nSPS) is 10.4. The Labute approximate surface area is 156 Å². The van der Waals surface area contributed by atoms with Crippen LogP contribution in [-0.4, -0.2) is 40.2 Å². The summed E-state index contributed by atoms with van der Waals surface area (Å²) in [5, 5.41) is 11.6. The van der Waals surface area contributed by atoms with E-state index in [1.54, 1.807) is 19.1 Å². The Kier molecular flexibility index (Phi) is 7.83. The van der Waals surface area contributed by atoms with Crippen LogP contribution in [0.4, 0.5) is 5.13 Å². The van der Waals surface area contributed by atoms with E-state index in [-0.39, 0.29) is 23.4 Å². The highest BCUT2D eigenvalue weighted by Gasteiger charge is 2.11. The van der Waals surface area contributed by atoms with Crippen LogP contribution in [0.5, 0.6) is 0 Å². The predicted molar refractivity (Wildman–Crippen MR) is 98.1 cm³/mol. The average Bonchev–Trinajstić information content (AvgIpc) is 3.00. The number of benzene rings is 1. The van der Waals surface area contributed by atoms with Crippen molar-refractivity contribution < 1.29 is 14.3 Å². The maximum Gasteiger partial charge on any atom is 0.316 e. The Hall–Kier alpha value is -1.29. The SMILES string of the molecule is CCOC(=O)CSc1nnc(NC(=O)CSc2ccc(Cl)cc2)s1. The zero-order chi connectivity index (χ0) is 17.4. The van der Waals surface area contributed by atoms with Crippen LogP contribution in [0.2, 0.25) is 5.02 Å². The molecule has 0 atom stereocenters. The summed E-state index contributed by atoms with van der Waals surface area (Å²) in [7, 11) is 0. The van der Waals surface area contributed by atoms with Gasteiger partial charge in [-0.3, -0.25) is 14.9 Å². The number of rotatable bonds is 8. The van der Waals surface area contributed by atoms with Crippen LogP contribution in [0.25, 0.3) is 0 Å². The minimum atomic E-state index is -0.303. The van der Waals surface area contributed by atoms with Crippen molar-refractivity contribution in [3.05, 3.63) is 29.3 Å². The molecule has 0 aliphatic rings. The topological polar surface area (TPSA) is 81.2 Å². The van der Waals surface area contributed by atoms with E-state index in [0.717, 1.165) is 4.90 Å². The van der Waals surface area contributed by atoms with Crippen molar-refractivity contribution >= 4 is 63.5 Å². The number of ether oxygens (including phenoxy) is 1. The fourth-order valence-electron chi connectivity index (χ4n) is 1.48. The summed E-state index contributed by atoms with van der Waals surface area (Å²) in [5.41, 5.74) is 0. The lowest BCUT2D eigenvalue weighted by atomic mass is 10.4. The lowest BCUT2D eigenvalue weighted by Crippen LogP contribution is -2.13. The quantitative estimate of drug-likeness (QED) is 0.409. The first-order chi connectivity index (χ1) is 11.6. The van der Waals surface area contributed by atoms with E-state index in [1.165, 1.54) is 34.9 Å². The second-order valence-corrected chi connectivity index (χ2v) is 7.94. The van der Waals surface area contributed by atoms with Crippen molar-refractivity contribution in [1.29, 1.82) is 0 Å². The number of nitrogens with one attached hydrogen (secondary N) is 1. The van der Waals surface area contributed by atoms with Crippen LogP contribution in [0, 0.1) is 0 Å². The molecule has 0 radical (unpaired) electrons. The summed E-state index contributed by atoms with van der Waals surface area (Å²) in [4.78, 5) is 24.1. The summed E-state index contributed by atoms with van der Waals surface area (Å²) >= 11 is 9.66. The third-order valence-corrected chi connectivity index (χ3v) is 5.66. The minimum absolute atomic E-state index is 0.169. The Morgan fingerprint density at radius 3 is 2.67 bits per heavy atom. The Balaban J connectivity index is 1.75. The molecule has 0 saturated carbocycles. The number of halogens is 1. The lowest BCUT2D eigenvalue weighted by molar-refractivity contribution is -0.139. The van der Waals surface area contributed by atoms with Gasteiger partial charge in [0.05, 0.1) is 18.1 Å². The Morgan fingerprint density at radius 1 is 1.21 bits per heavy atom. The number of nitrogens with zero attached hydrogens (tertiary/aromatic N) is 2. The lowest BCUT2D eigenvalue weighted by Gasteiger charge is -2.01. The summed E-state index contributed by atoms with van der Waals surface area (Å²) in [6, 6.07) is 7.27. The fourth-order valence-corrected chi connectivity index (χ4v) is 3.87. The highest BCUT2D eigenvalue weighted by atomic mass is 35.5. The van der Waals surface area contributed by atoms with Crippen molar-refractivity contribution in [3.63, 3.8) is 0 Å². The molecule has 0 aliphatic heterocycles. The molecule has 1 N–H and O–H groups in total. The third kappa shape index (κ3) is 6.68. The average molecular weight is 404 g/mol. The van der Waals surface area contributed by atoms with Gasteiger partial charge in [0.2, 0.25) is 11.0 Å². The van der Waals surface area contributed by atoms with Crippen LogP contribution in [0.1, 0.15) is 6.92 Å². The van der Waals surface area contributed by atoms with Crippen LogP contribution in [0.15, 0.2) is 33.5 Å². The van der Waals surface area contributed by atoms with Gasteiger partial charge in [-0.1, -0.05) is 34.7 Å². The zero-order valence-corrected chi connectivity index (χ0v) is 15.9. The number of hydrogen-bond acceptors (Lipinski definition) is 8. The van der Waals surface area contributed by atoms with E-state index in [0.29, 0.717) is 21.1 Å². The second kappa shape index (κ2) is 9.87. The molecule has 1 heterocycles. The first-order valence-corrected chi connectivity index (χ1v) is 10.0. The van der Waals surface area contributed by atoms with Crippen LogP contribution < -0.4 is 5.32 Å². The van der Waals surface area contributed by atoms with Crippen molar-refractivity contribution in [2.24, 2.45) is 0 Å². The number of carbonyl (C=O) groups excluding carboxylic acids is 2. The first-order valence-electron chi connectivity index (χ1n) is 6.87. The molecule has 0 fully saturated rings. The van der Waals surface area contributed by atoms with Gasteiger partial charge >= 0.3 is 5.97 Å². The molecule has 1 aromatic carbocycles. The van der Waals surface area contributed by atoms with E-state index in [1.807, 2.05) is 12.1 Å². The van der Waals surface area contributed by atoms with Crippen molar-refractivity contribution in [3.8, 4) is 0 Å². The molecule has 1 amide bonds. The zero-order valence-electron chi connectivity index (χ0n) is 12.7. The molecule has 6 nitrogen and oxygen atoms in total. The largest absolute Gasteiger partial charge is 0.465 e. The summed E-state index contributed by atoms with van der Waals surface area (Å²) in [6.45, 7) is 2.10. The molecule has 0 spiro atoms. The molecule has 10 heteroatoms. The van der Waals surface area contributed by atoms with Crippen molar-refractivity contribution in [1.82, 2.24) is 10.2 Å². The first kappa shape index (κ1) is 19.0. The maximum absolute atomic E-state index is 11.9. The van der Waals surface area contributed by atoms with Crippen molar-refractivity contribution in [2.45, 2.75) is 16.2 Å². The Bertz CT molecular complexity index is 694. The molecule has 1 aromatic heterocycles. The number of anilines is 1. The maximum atomic E-state index is 11.9. The molecule has 0 unspecified atom stereocenters. The van der Waals surface area contributed by atoms with Gasteiger partial charge in [0.15, 0.2) is 4.34 Å². The highest BCUT2D eigenvalue weighted by Crippen LogP contribution is 2.26. The summed E-state index contributed by atoms with van der Waals surface area (Å²) in [5.74, 6) is -0.0503. The minimum Gasteiger partial charge on any atom is -0.465 e. The number of carbonyl (C=O) groups is 2. The van der Waals surface area contributed by atoms with Crippen LogP contribution >= 0.6 is 46.5 Å². The molecule has 2 aromatic rings. The van der Waals surface area contributed by atoms with Gasteiger partial charge in [-0.05, 0) is 31.2 Å². The van der Waals surface area contributed by atoms with Gasteiger partial charge in [0.25, 0.3) is 0 Å². The number of esters is 1. The van der Waals surface area contributed by atoms with Gasteiger partial charge < -0.3 is 4.74 Å². The van der Waals surface area contributed by atoms with Gasteiger partial charge in [0.1, 0.15) is 0 Å². The molecular formula is C14H14ClN3O3S3. The standard InChI is InChI=1S/C14H14ClN3O3S3/c1-2-21-12(20)8-23-14-18-17-13(24-14)16-11(19)7-22-10-5-3-9(15)4-6-10/h3-6H,2,7-8H2,1H3,(H,16,17,19). The van der Waals surface area contributed by atoms with Gasteiger partial charge in [-0.15, -0.1) is 22.0 Å². The van der Waals surface area contributed by atoms with E-state index in [4.69, 9.17) is 16.3 Å². The van der Waals surface area contributed by atoms with E-state index in [2.05, 4.69) is 15.5 Å². The Morgan fingerprint density at radius 2 is 1.96 bits per heavy atom. The van der Waals surface area contributed by atoms with E-state index < -0.39 is 0 Å². The second-order valence-electron chi connectivity index (χ2n) is 4.26. The van der Waals surface area contributed by atoms with Gasteiger partial charge in [-0.25, -0.2) is 0 Å². The highest BCUT2D eigenvalue weighted by molar-refractivity contribution is 8.01. The fraction of sp³-hybridized carbons (Fsp3) is 0.286. The van der Waals surface area contributed by atoms with Crippen molar-refractivity contribution in [2.75, 3.05) is 23.4 Å². The number of hydrogen-bond donors (Lipinski definition) is 1. The molecule has 2 rings (SSSR count). The summed E-state index contributed by atoms with van der Waals surface area (Å²) < 4.78 is 5.43.